The summed E-state index contributed by atoms with van der Waals surface area (Å²) in [5.41, 5.74) is 0. The monoisotopic (exact) mass is 678 g/mol. The maximum Gasteiger partial charge on any atom is 0.305 e. The number of carbonyl (C=O) groups excluding carboxylic acids is 2. The van der Waals surface area contributed by atoms with Crippen molar-refractivity contribution in [2.24, 2.45) is 0 Å². The lowest BCUT2D eigenvalue weighted by Gasteiger charge is -2.22. The zero-order chi connectivity index (χ0) is 35.2. The van der Waals surface area contributed by atoms with Gasteiger partial charge in [-0.15, -0.1) is 0 Å². The third kappa shape index (κ3) is 34.2. The van der Waals surface area contributed by atoms with Gasteiger partial charge in [0, 0.05) is 12.8 Å². The van der Waals surface area contributed by atoms with Gasteiger partial charge >= 0.3 is 5.97 Å². The molecule has 0 radical (unpaired) electrons. The van der Waals surface area contributed by atoms with Crippen molar-refractivity contribution in [1.29, 1.82) is 0 Å². The molecule has 0 spiro atoms. The second-order valence-corrected chi connectivity index (χ2v) is 14.0. The molecular weight excluding hydrogens is 598 g/mol. The molecule has 2 atom stereocenters. The van der Waals surface area contributed by atoms with Crippen molar-refractivity contribution in [1.82, 2.24) is 5.32 Å². The normalized spacial score (nSPS) is 13.0. The Kier molecular flexibility index (Phi) is 36.8. The van der Waals surface area contributed by atoms with Crippen molar-refractivity contribution in [2.75, 3.05) is 13.2 Å². The zero-order valence-electron chi connectivity index (χ0n) is 31.7. The maximum absolute atomic E-state index is 12.3. The molecule has 0 heterocycles. The Labute approximate surface area is 297 Å². The van der Waals surface area contributed by atoms with Gasteiger partial charge in [0.1, 0.15) is 0 Å². The van der Waals surface area contributed by atoms with E-state index in [4.69, 9.17) is 4.74 Å². The van der Waals surface area contributed by atoms with Gasteiger partial charge in [0.2, 0.25) is 5.91 Å². The van der Waals surface area contributed by atoms with Gasteiger partial charge < -0.3 is 20.3 Å². The highest BCUT2D eigenvalue weighted by Crippen LogP contribution is 2.14. The number of hydrogen-bond acceptors (Lipinski definition) is 5. The quantitative estimate of drug-likeness (QED) is 0.0345. The lowest BCUT2D eigenvalue weighted by Crippen LogP contribution is -2.45. The minimum Gasteiger partial charge on any atom is -0.466 e. The van der Waals surface area contributed by atoms with Crippen LogP contribution in [0.25, 0.3) is 0 Å². The van der Waals surface area contributed by atoms with Crippen LogP contribution in [-0.4, -0.2) is 47.4 Å². The molecule has 6 heteroatoms. The number of aliphatic hydroxyl groups excluding tert-OH is 2. The minimum absolute atomic E-state index is 0.0465. The van der Waals surface area contributed by atoms with Gasteiger partial charge in [0.05, 0.1) is 25.4 Å². The Morgan fingerprint density at radius 1 is 0.562 bits per heavy atom. The van der Waals surface area contributed by atoms with Crippen LogP contribution in [-0.2, 0) is 14.3 Å². The average molecular weight is 678 g/mol. The molecule has 0 aromatic heterocycles. The molecule has 3 N–H and O–H groups in total. The standard InChI is InChI=1S/C42H79NO5/c1-3-5-7-9-11-13-14-15-16-20-24-28-32-36-42(47)48-37-33-29-25-21-17-19-23-27-31-35-41(46)43-39(38-44)40(45)34-30-26-22-18-12-10-8-6-4-2/h13-14,19,23,39-40,44-45H,3-12,15-18,20-22,24-38H2,1-2H3,(H,43,46)/b14-13-,23-19-. The highest BCUT2D eigenvalue weighted by molar-refractivity contribution is 5.76. The van der Waals surface area contributed by atoms with Gasteiger partial charge in [-0.25, -0.2) is 0 Å². The summed E-state index contributed by atoms with van der Waals surface area (Å²) in [6.45, 7) is 4.79. The van der Waals surface area contributed by atoms with E-state index in [-0.39, 0.29) is 18.5 Å². The third-order valence-corrected chi connectivity index (χ3v) is 9.22. The second-order valence-electron chi connectivity index (χ2n) is 14.0. The predicted octanol–water partition coefficient (Wildman–Crippen LogP) is 11.2. The first kappa shape index (κ1) is 46.3. The SMILES string of the molecule is CCCCCC/C=C\CCCCCCCC(=O)OCCCCCC/C=C\CCCC(=O)NC(CO)C(O)CCCCCCCCCCC. The summed E-state index contributed by atoms with van der Waals surface area (Å²) in [4.78, 5) is 24.3. The molecule has 0 saturated heterocycles. The van der Waals surface area contributed by atoms with E-state index in [0.717, 1.165) is 70.6 Å². The number of amides is 1. The molecule has 0 aliphatic carbocycles. The van der Waals surface area contributed by atoms with E-state index in [1.807, 2.05) is 0 Å². The number of unbranched alkanes of at least 4 members (excludes halogenated alkanes) is 22. The van der Waals surface area contributed by atoms with Gasteiger partial charge in [0.15, 0.2) is 0 Å². The van der Waals surface area contributed by atoms with Crippen molar-refractivity contribution in [2.45, 2.75) is 219 Å². The molecule has 1 amide bonds. The van der Waals surface area contributed by atoms with E-state index in [1.165, 1.54) is 103 Å². The number of hydrogen-bond donors (Lipinski definition) is 3. The van der Waals surface area contributed by atoms with E-state index in [0.29, 0.717) is 25.9 Å². The number of carbonyl (C=O) groups is 2. The van der Waals surface area contributed by atoms with Crippen LogP contribution in [0.4, 0.5) is 0 Å². The Hall–Kier alpha value is -1.66. The summed E-state index contributed by atoms with van der Waals surface area (Å²) in [6, 6.07) is -0.576. The number of ether oxygens (including phenoxy) is 1. The fraction of sp³-hybridized carbons (Fsp3) is 0.857. The number of nitrogens with one attached hydrogen (secondary N) is 1. The molecule has 0 aromatic rings. The van der Waals surface area contributed by atoms with E-state index in [1.54, 1.807) is 0 Å². The molecule has 282 valence electrons. The fourth-order valence-electron chi connectivity index (χ4n) is 5.99. The van der Waals surface area contributed by atoms with Gasteiger partial charge in [-0.1, -0.05) is 147 Å². The minimum atomic E-state index is -0.692. The van der Waals surface area contributed by atoms with E-state index in [2.05, 4.69) is 43.5 Å². The lowest BCUT2D eigenvalue weighted by atomic mass is 10.0. The van der Waals surface area contributed by atoms with Gasteiger partial charge in [-0.05, 0) is 70.6 Å². The molecule has 0 bridgehead atoms. The van der Waals surface area contributed by atoms with Crippen LogP contribution in [0.3, 0.4) is 0 Å². The Morgan fingerprint density at radius 2 is 1.00 bits per heavy atom. The number of rotatable bonds is 37. The van der Waals surface area contributed by atoms with Crippen LogP contribution in [0.1, 0.15) is 206 Å². The Balaban J connectivity index is 3.56. The van der Waals surface area contributed by atoms with Crippen molar-refractivity contribution < 1.29 is 24.5 Å². The van der Waals surface area contributed by atoms with E-state index < -0.39 is 12.1 Å². The highest BCUT2D eigenvalue weighted by Gasteiger charge is 2.19. The molecule has 0 fully saturated rings. The molecule has 6 nitrogen and oxygen atoms in total. The van der Waals surface area contributed by atoms with Gasteiger partial charge in [-0.2, -0.15) is 0 Å². The molecule has 0 saturated carbocycles. The summed E-state index contributed by atoms with van der Waals surface area (Å²) in [6.07, 6.45) is 41.4. The first-order valence-corrected chi connectivity index (χ1v) is 20.6. The largest absolute Gasteiger partial charge is 0.466 e. The molecule has 48 heavy (non-hydrogen) atoms. The Bertz CT molecular complexity index is 752. The molecule has 0 aliphatic heterocycles. The smallest absolute Gasteiger partial charge is 0.305 e. The van der Waals surface area contributed by atoms with Crippen LogP contribution in [0, 0.1) is 0 Å². The average Bonchev–Trinajstić information content (AvgIpc) is 3.08. The first-order valence-electron chi connectivity index (χ1n) is 20.6. The molecule has 2 unspecified atom stereocenters. The third-order valence-electron chi connectivity index (χ3n) is 9.22. The van der Waals surface area contributed by atoms with Crippen LogP contribution in [0.5, 0.6) is 0 Å². The fourth-order valence-corrected chi connectivity index (χ4v) is 5.99. The van der Waals surface area contributed by atoms with Crippen LogP contribution in [0.2, 0.25) is 0 Å². The number of allylic oxidation sites excluding steroid dienone is 4. The summed E-state index contributed by atoms with van der Waals surface area (Å²) in [5, 5.41) is 22.9. The van der Waals surface area contributed by atoms with Crippen molar-refractivity contribution >= 4 is 11.9 Å². The van der Waals surface area contributed by atoms with E-state index in [9.17, 15) is 19.8 Å². The summed E-state index contributed by atoms with van der Waals surface area (Å²) >= 11 is 0. The number of aliphatic hydroxyl groups is 2. The van der Waals surface area contributed by atoms with Crippen LogP contribution >= 0.6 is 0 Å². The first-order chi connectivity index (χ1) is 23.5. The lowest BCUT2D eigenvalue weighted by molar-refractivity contribution is -0.143. The highest BCUT2D eigenvalue weighted by atomic mass is 16.5. The van der Waals surface area contributed by atoms with Gasteiger partial charge in [0.25, 0.3) is 0 Å². The topological polar surface area (TPSA) is 95.9 Å². The molecule has 0 rings (SSSR count). The number of esters is 1. The van der Waals surface area contributed by atoms with Crippen molar-refractivity contribution in [3.63, 3.8) is 0 Å². The molecule has 0 aromatic carbocycles. The van der Waals surface area contributed by atoms with Crippen molar-refractivity contribution in [3.05, 3.63) is 24.3 Å². The summed E-state index contributed by atoms with van der Waals surface area (Å²) in [5.74, 6) is -0.147. The second kappa shape index (κ2) is 38.1. The maximum atomic E-state index is 12.3. The van der Waals surface area contributed by atoms with Crippen LogP contribution in [0.15, 0.2) is 24.3 Å². The summed E-state index contributed by atoms with van der Waals surface area (Å²) in [7, 11) is 0. The van der Waals surface area contributed by atoms with Gasteiger partial charge in [-0.3, -0.25) is 9.59 Å². The zero-order valence-corrected chi connectivity index (χ0v) is 31.7. The van der Waals surface area contributed by atoms with Crippen LogP contribution < -0.4 is 5.32 Å². The Morgan fingerprint density at radius 3 is 1.54 bits per heavy atom. The van der Waals surface area contributed by atoms with E-state index >= 15 is 0 Å². The molecule has 0 aliphatic rings. The summed E-state index contributed by atoms with van der Waals surface area (Å²) < 4.78 is 5.40. The van der Waals surface area contributed by atoms with Crippen molar-refractivity contribution in [3.8, 4) is 0 Å². The molecular formula is C42H79NO5. The predicted molar refractivity (Wildman–Crippen MR) is 204 cm³/mol.